The van der Waals surface area contributed by atoms with Crippen molar-refractivity contribution in [2.45, 2.75) is 18.9 Å². The van der Waals surface area contributed by atoms with Crippen LogP contribution in [0.2, 0.25) is 0 Å². The van der Waals surface area contributed by atoms with Gasteiger partial charge in [-0.1, -0.05) is 46.3 Å². The van der Waals surface area contributed by atoms with Gasteiger partial charge in [-0.3, -0.25) is 4.90 Å². The van der Waals surface area contributed by atoms with Crippen LogP contribution in [0.5, 0.6) is 5.75 Å². The average molecular weight is 424 g/mol. The molecule has 2 N–H and O–H groups in total. The summed E-state index contributed by atoms with van der Waals surface area (Å²) in [5, 5.41) is 0. The topological polar surface area (TPSA) is 38.5 Å². The molecule has 0 unspecified atom stereocenters. The summed E-state index contributed by atoms with van der Waals surface area (Å²) in [5.41, 5.74) is 10.1. The monoisotopic (exact) mass is 422 g/mol. The fraction of sp³-hybridized carbons (Fsp3) is 0.400. The van der Waals surface area contributed by atoms with Crippen LogP contribution in [0.4, 0.5) is 0 Å². The molecular formula is C20H24BrClN2O. The highest BCUT2D eigenvalue weighted by atomic mass is 79.9. The Hall–Kier alpha value is -1.07. The van der Waals surface area contributed by atoms with Gasteiger partial charge >= 0.3 is 0 Å². The summed E-state index contributed by atoms with van der Waals surface area (Å²) in [7, 11) is 0. The summed E-state index contributed by atoms with van der Waals surface area (Å²) in [6.07, 6.45) is 1.01. The van der Waals surface area contributed by atoms with Crippen molar-refractivity contribution in [3.05, 3.63) is 63.6 Å². The van der Waals surface area contributed by atoms with Gasteiger partial charge in [-0.15, -0.1) is 12.4 Å². The first-order valence-electron chi connectivity index (χ1n) is 8.66. The highest BCUT2D eigenvalue weighted by molar-refractivity contribution is 9.10. The Morgan fingerprint density at radius 1 is 1.16 bits per heavy atom. The van der Waals surface area contributed by atoms with E-state index in [-0.39, 0.29) is 12.4 Å². The Bertz CT molecular complexity index is 725. The molecule has 0 aliphatic carbocycles. The molecule has 2 aliphatic rings. The highest BCUT2D eigenvalue weighted by Crippen LogP contribution is 2.37. The van der Waals surface area contributed by atoms with Crippen molar-refractivity contribution in [1.29, 1.82) is 0 Å². The molecule has 1 fully saturated rings. The van der Waals surface area contributed by atoms with Gasteiger partial charge in [0, 0.05) is 42.0 Å². The Labute approximate surface area is 164 Å². The van der Waals surface area contributed by atoms with Gasteiger partial charge in [0.15, 0.2) is 0 Å². The number of hydrogen-bond donors (Lipinski definition) is 1. The second-order valence-corrected chi connectivity index (χ2v) is 7.77. The van der Waals surface area contributed by atoms with Crippen molar-refractivity contribution in [3.63, 3.8) is 0 Å². The van der Waals surface area contributed by atoms with Gasteiger partial charge in [0.05, 0.1) is 6.61 Å². The number of likely N-dealkylation sites (tertiary alicyclic amines) is 1. The van der Waals surface area contributed by atoms with Gasteiger partial charge < -0.3 is 10.5 Å². The lowest BCUT2D eigenvalue weighted by atomic mass is 9.89. The smallest absolute Gasteiger partial charge is 0.127 e. The average Bonchev–Trinajstić information content (AvgIpc) is 3.22. The predicted molar refractivity (Wildman–Crippen MR) is 108 cm³/mol. The Morgan fingerprint density at radius 3 is 2.72 bits per heavy atom. The molecule has 0 saturated carbocycles. The zero-order chi connectivity index (χ0) is 16.5. The minimum Gasteiger partial charge on any atom is -0.493 e. The molecule has 0 radical (unpaired) electrons. The van der Waals surface area contributed by atoms with Gasteiger partial charge in [-0.25, -0.2) is 0 Å². The van der Waals surface area contributed by atoms with Crippen LogP contribution >= 0.6 is 28.3 Å². The van der Waals surface area contributed by atoms with Gasteiger partial charge in [0.25, 0.3) is 0 Å². The quantitative estimate of drug-likeness (QED) is 0.808. The van der Waals surface area contributed by atoms with E-state index in [1.165, 1.54) is 16.7 Å². The number of rotatable bonds is 4. The third-order valence-electron chi connectivity index (χ3n) is 5.27. The first-order valence-corrected chi connectivity index (χ1v) is 9.45. The van der Waals surface area contributed by atoms with Crippen LogP contribution in [-0.2, 0) is 13.0 Å². The summed E-state index contributed by atoms with van der Waals surface area (Å²) >= 11 is 3.65. The maximum Gasteiger partial charge on any atom is 0.127 e. The molecule has 0 amide bonds. The zero-order valence-electron chi connectivity index (χ0n) is 14.2. The molecular weight excluding hydrogens is 400 g/mol. The van der Waals surface area contributed by atoms with E-state index in [2.05, 4.69) is 63.3 Å². The van der Waals surface area contributed by atoms with Gasteiger partial charge in [-0.05, 0) is 35.7 Å². The number of nitrogens with zero attached hydrogens (tertiary/aromatic N) is 1. The normalized spacial score (nSPS) is 22.3. The summed E-state index contributed by atoms with van der Waals surface area (Å²) in [4.78, 5) is 2.53. The van der Waals surface area contributed by atoms with E-state index in [0.29, 0.717) is 11.8 Å². The molecule has 4 rings (SSSR count). The lowest BCUT2D eigenvalue weighted by Gasteiger charge is -2.18. The maximum atomic E-state index is 6.07. The zero-order valence-corrected chi connectivity index (χ0v) is 16.6. The van der Waals surface area contributed by atoms with Gasteiger partial charge in [-0.2, -0.15) is 0 Å². The fourth-order valence-corrected chi connectivity index (χ4v) is 4.66. The fourth-order valence-electron chi connectivity index (χ4n) is 4.11. The van der Waals surface area contributed by atoms with E-state index >= 15 is 0 Å². The molecule has 0 spiro atoms. The summed E-state index contributed by atoms with van der Waals surface area (Å²) in [5.74, 6) is 2.15. The third-order valence-corrected chi connectivity index (χ3v) is 5.72. The van der Waals surface area contributed by atoms with E-state index in [0.717, 1.165) is 49.4 Å². The van der Waals surface area contributed by atoms with Crippen LogP contribution < -0.4 is 10.5 Å². The predicted octanol–water partition coefficient (Wildman–Crippen LogP) is 3.98. The van der Waals surface area contributed by atoms with Crippen molar-refractivity contribution in [3.8, 4) is 5.75 Å². The van der Waals surface area contributed by atoms with E-state index < -0.39 is 0 Å². The number of nitrogens with two attached hydrogens (primary N) is 1. The number of hydrogen-bond acceptors (Lipinski definition) is 3. The number of benzene rings is 2. The van der Waals surface area contributed by atoms with Crippen LogP contribution in [0.3, 0.4) is 0 Å². The van der Waals surface area contributed by atoms with Crippen molar-refractivity contribution in [2.75, 3.05) is 26.2 Å². The lowest BCUT2D eigenvalue weighted by Crippen LogP contribution is -2.23. The van der Waals surface area contributed by atoms with Gasteiger partial charge in [0.2, 0.25) is 0 Å². The molecule has 0 aromatic heterocycles. The SMILES string of the molecule is Cl.NC[C@@H]1CN(Cc2cc(Br)cc3c2OCC3)C[C@H]1c1ccccc1. The van der Waals surface area contributed by atoms with Crippen molar-refractivity contribution >= 4 is 28.3 Å². The van der Waals surface area contributed by atoms with Crippen molar-refractivity contribution in [1.82, 2.24) is 4.90 Å². The number of fused-ring (bicyclic) bond motifs is 1. The highest BCUT2D eigenvalue weighted by Gasteiger charge is 2.33. The first-order chi connectivity index (χ1) is 11.7. The summed E-state index contributed by atoms with van der Waals surface area (Å²) < 4.78 is 7.04. The first kappa shape index (κ1) is 18.7. The minimum absolute atomic E-state index is 0. The van der Waals surface area contributed by atoms with Crippen molar-refractivity contribution < 1.29 is 4.74 Å². The Morgan fingerprint density at radius 2 is 1.96 bits per heavy atom. The molecule has 0 bridgehead atoms. The van der Waals surface area contributed by atoms with Crippen LogP contribution in [0.15, 0.2) is 46.9 Å². The van der Waals surface area contributed by atoms with Crippen LogP contribution in [0, 0.1) is 5.92 Å². The van der Waals surface area contributed by atoms with Gasteiger partial charge in [0.1, 0.15) is 5.75 Å². The van der Waals surface area contributed by atoms with E-state index in [4.69, 9.17) is 10.5 Å². The third kappa shape index (κ3) is 3.87. The largest absolute Gasteiger partial charge is 0.493 e. The molecule has 5 heteroatoms. The molecule has 134 valence electrons. The standard InChI is InChI=1S/C20H23BrN2O.ClH/c21-18-8-15-6-7-24-20(15)16(9-18)11-23-12-17(10-22)19(13-23)14-4-2-1-3-5-14;/h1-5,8-9,17,19H,6-7,10-13,22H2;1H/t17-,19+;/m1./s1. The molecule has 2 aromatic carbocycles. The van der Waals surface area contributed by atoms with E-state index in [1.54, 1.807) is 0 Å². The van der Waals surface area contributed by atoms with E-state index in [9.17, 15) is 0 Å². The van der Waals surface area contributed by atoms with E-state index in [1.807, 2.05) is 0 Å². The Kier molecular flexibility index (Phi) is 6.05. The minimum atomic E-state index is 0. The second-order valence-electron chi connectivity index (χ2n) is 6.86. The molecule has 3 nitrogen and oxygen atoms in total. The molecule has 2 aromatic rings. The summed E-state index contributed by atoms with van der Waals surface area (Å²) in [6.45, 7) is 4.59. The summed E-state index contributed by atoms with van der Waals surface area (Å²) in [6, 6.07) is 15.2. The molecule has 1 saturated heterocycles. The Balaban J connectivity index is 0.00000182. The number of halogens is 2. The molecule has 2 atom stereocenters. The van der Waals surface area contributed by atoms with Crippen molar-refractivity contribution in [2.24, 2.45) is 11.7 Å². The molecule has 2 aliphatic heterocycles. The number of ether oxygens (including phenoxy) is 1. The lowest BCUT2D eigenvalue weighted by molar-refractivity contribution is 0.303. The van der Waals surface area contributed by atoms with Crippen LogP contribution in [0.25, 0.3) is 0 Å². The molecule has 25 heavy (non-hydrogen) atoms. The maximum absolute atomic E-state index is 6.07. The molecule has 2 heterocycles. The van der Waals surface area contributed by atoms with Crippen LogP contribution in [0.1, 0.15) is 22.6 Å². The van der Waals surface area contributed by atoms with Crippen LogP contribution in [-0.4, -0.2) is 31.1 Å². The second kappa shape index (κ2) is 8.09.